The number of esters is 1. The Bertz CT molecular complexity index is 757. The number of benzene rings is 1. The van der Waals surface area contributed by atoms with E-state index in [1.807, 2.05) is 18.4 Å². The van der Waals surface area contributed by atoms with Crippen molar-refractivity contribution in [3.63, 3.8) is 0 Å². The number of rotatable bonds is 8. The first-order valence-electron chi connectivity index (χ1n) is 9.04. The number of carbonyl (C=O) groups excluding carboxylic acids is 1. The minimum Gasteiger partial charge on any atom is -0.465 e. The fraction of sp³-hybridized carbons (Fsp3) is 0.526. The highest BCUT2D eigenvalue weighted by Gasteiger charge is 2.21. The van der Waals surface area contributed by atoms with Gasteiger partial charge in [-0.2, -0.15) is 0 Å². The van der Waals surface area contributed by atoms with E-state index in [4.69, 9.17) is 9.47 Å². The third-order valence-corrected chi connectivity index (χ3v) is 5.29. The lowest BCUT2D eigenvalue weighted by atomic mass is 10.1. The molecule has 146 valence electrons. The number of ether oxygens (including phenoxy) is 2. The van der Waals surface area contributed by atoms with Crippen LogP contribution in [0, 0.1) is 0 Å². The third-order valence-electron chi connectivity index (χ3n) is 4.63. The lowest BCUT2D eigenvalue weighted by Crippen LogP contribution is -2.23. The van der Waals surface area contributed by atoms with E-state index < -0.39 is 0 Å². The Morgan fingerprint density at radius 2 is 2.11 bits per heavy atom. The zero-order chi connectivity index (χ0) is 19.2. The maximum atomic E-state index is 11.5. The molecule has 1 fully saturated rings. The van der Waals surface area contributed by atoms with Crippen molar-refractivity contribution in [3.05, 3.63) is 41.2 Å². The summed E-state index contributed by atoms with van der Waals surface area (Å²) in [7, 11) is 3.44. The minimum absolute atomic E-state index is 0.252. The van der Waals surface area contributed by atoms with Crippen LogP contribution in [0.2, 0.25) is 0 Å². The van der Waals surface area contributed by atoms with Gasteiger partial charge in [0.1, 0.15) is 5.82 Å². The summed E-state index contributed by atoms with van der Waals surface area (Å²) in [5.74, 6) is 0.630. The van der Waals surface area contributed by atoms with Gasteiger partial charge in [-0.3, -0.25) is 4.90 Å². The topological polar surface area (TPSA) is 69.5 Å². The molecule has 1 aromatic heterocycles. The van der Waals surface area contributed by atoms with Gasteiger partial charge in [-0.25, -0.2) is 4.79 Å². The van der Waals surface area contributed by atoms with Crippen molar-refractivity contribution in [1.82, 2.24) is 19.7 Å². The fourth-order valence-corrected chi connectivity index (χ4v) is 3.76. The van der Waals surface area contributed by atoms with Crippen molar-refractivity contribution in [2.24, 2.45) is 0 Å². The van der Waals surface area contributed by atoms with Crippen molar-refractivity contribution in [3.8, 4) is 0 Å². The Hall–Kier alpha value is -1.90. The summed E-state index contributed by atoms with van der Waals surface area (Å²) in [6, 6.07) is 7.49. The Morgan fingerprint density at radius 1 is 1.33 bits per heavy atom. The van der Waals surface area contributed by atoms with Gasteiger partial charge in [0.25, 0.3) is 0 Å². The minimum atomic E-state index is -0.318. The van der Waals surface area contributed by atoms with Crippen LogP contribution in [-0.4, -0.2) is 58.8 Å². The Kier molecular flexibility index (Phi) is 6.87. The second kappa shape index (κ2) is 9.34. The zero-order valence-corrected chi connectivity index (χ0v) is 16.9. The lowest BCUT2D eigenvalue weighted by Gasteiger charge is -2.19. The van der Waals surface area contributed by atoms with Crippen LogP contribution in [0.15, 0.2) is 29.4 Å². The summed E-state index contributed by atoms with van der Waals surface area (Å²) < 4.78 is 12.7. The average Bonchev–Trinajstić information content (AvgIpc) is 3.32. The van der Waals surface area contributed by atoms with E-state index in [1.54, 1.807) is 23.9 Å². The molecule has 8 heteroatoms. The largest absolute Gasteiger partial charge is 0.465 e. The molecule has 0 bridgehead atoms. The molecule has 1 aliphatic rings. The molecular weight excluding hydrogens is 364 g/mol. The van der Waals surface area contributed by atoms with Gasteiger partial charge in [-0.1, -0.05) is 23.9 Å². The highest BCUT2D eigenvalue weighted by atomic mass is 32.2. The first-order chi connectivity index (χ1) is 13.1. The van der Waals surface area contributed by atoms with E-state index in [0.717, 1.165) is 49.1 Å². The average molecular weight is 391 g/mol. The van der Waals surface area contributed by atoms with E-state index in [2.05, 4.69) is 26.7 Å². The third kappa shape index (κ3) is 5.09. The van der Waals surface area contributed by atoms with Gasteiger partial charge >= 0.3 is 5.97 Å². The molecule has 2 heterocycles. The van der Waals surface area contributed by atoms with Crippen molar-refractivity contribution in [2.45, 2.75) is 43.7 Å². The van der Waals surface area contributed by atoms with Crippen LogP contribution in [0.4, 0.5) is 0 Å². The highest BCUT2D eigenvalue weighted by Crippen LogP contribution is 2.20. The van der Waals surface area contributed by atoms with E-state index in [1.165, 1.54) is 7.11 Å². The van der Waals surface area contributed by atoms with Crippen LogP contribution in [0.1, 0.15) is 34.6 Å². The molecule has 1 unspecified atom stereocenters. The van der Waals surface area contributed by atoms with Crippen molar-refractivity contribution in [2.75, 3.05) is 27.0 Å². The maximum Gasteiger partial charge on any atom is 0.337 e. The van der Waals surface area contributed by atoms with Crippen LogP contribution in [0.3, 0.4) is 0 Å². The molecule has 0 N–H and O–H groups in total. The molecule has 1 aliphatic heterocycles. The first kappa shape index (κ1) is 19.9. The molecule has 0 spiro atoms. The van der Waals surface area contributed by atoms with Crippen LogP contribution in [0.5, 0.6) is 0 Å². The Balaban J connectivity index is 1.64. The maximum absolute atomic E-state index is 11.5. The monoisotopic (exact) mass is 390 g/mol. The standard InChI is InChI=1S/C19H26N4O3S/c1-22(11-14-6-8-15(9-7-14)18(24)25-2)13-17-20-21-19(27-3)23(17)12-16-5-4-10-26-16/h6-9,16H,4-5,10-13H2,1-3H3. The van der Waals surface area contributed by atoms with Crippen molar-refractivity contribution >= 4 is 17.7 Å². The summed E-state index contributed by atoms with van der Waals surface area (Å²) in [5.41, 5.74) is 1.69. The van der Waals surface area contributed by atoms with Crippen molar-refractivity contribution in [1.29, 1.82) is 0 Å². The molecule has 0 saturated carbocycles. The van der Waals surface area contributed by atoms with E-state index >= 15 is 0 Å². The molecule has 3 rings (SSSR count). The molecular formula is C19H26N4O3S. The van der Waals surface area contributed by atoms with Crippen LogP contribution >= 0.6 is 11.8 Å². The summed E-state index contributed by atoms with van der Waals surface area (Å²) in [6.45, 7) is 3.10. The van der Waals surface area contributed by atoms with Gasteiger partial charge in [0.05, 0.1) is 31.9 Å². The van der Waals surface area contributed by atoms with E-state index in [9.17, 15) is 4.79 Å². The summed E-state index contributed by atoms with van der Waals surface area (Å²) in [5, 5.41) is 9.64. The Labute approximate surface area is 164 Å². The number of carbonyl (C=O) groups is 1. The second-order valence-corrected chi connectivity index (χ2v) is 7.48. The van der Waals surface area contributed by atoms with Gasteiger partial charge in [-0.05, 0) is 43.8 Å². The number of hydrogen-bond acceptors (Lipinski definition) is 7. The highest BCUT2D eigenvalue weighted by molar-refractivity contribution is 7.98. The normalized spacial score (nSPS) is 16.8. The van der Waals surface area contributed by atoms with Crippen LogP contribution in [0.25, 0.3) is 0 Å². The predicted octanol–water partition coefficient (Wildman–Crippen LogP) is 2.60. The van der Waals surface area contributed by atoms with Gasteiger partial charge < -0.3 is 14.0 Å². The number of thioether (sulfide) groups is 1. The molecule has 0 amide bonds. The smallest absolute Gasteiger partial charge is 0.337 e. The number of nitrogens with zero attached hydrogens (tertiary/aromatic N) is 4. The molecule has 1 saturated heterocycles. The molecule has 0 radical (unpaired) electrons. The second-order valence-electron chi connectivity index (χ2n) is 6.71. The van der Waals surface area contributed by atoms with Gasteiger partial charge in [0, 0.05) is 13.2 Å². The number of hydrogen-bond donors (Lipinski definition) is 0. The molecule has 0 aliphatic carbocycles. The SMILES string of the molecule is COC(=O)c1ccc(CN(C)Cc2nnc(SC)n2CC2CCCO2)cc1. The summed E-state index contributed by atoms with van der Waals surface area (Å²) in [4.78, 5) is 13.7. The zero-order valence-electron chi connectivity index (χ0n) is 16.1. The number of methoxy groups -OCH3 is 1. The summed E-state index contributed by atoms with van der Waals surface area (Å²) >= 11 is 1.61. The lowest BCUT2D eigenvalue weighted by molar-refractivity contribution is 0.0600. The quantitative estimate of drug-likeness (QED) is 0.507. The fourth-order valence-electron chi connectivity index (χ4n) is 3.24. The van der Waals surface area contributed by atoms with E-state index in [0.29, 0.717) is 12.1 Å². The predicted molar refractivity (Wildman–Crippen MR) is 104 cm³/mol. The first-order valence-corrected chi connectivity index (χ1v) is 10.3. The van der Waals surface area contributed by atoms with Crippen molar-refractivity contribution < 1.29 is 14.3 Å². The molecule has 7 nitrogen and oxygen atoms in total. The molecule has 27 heavy (non-hydrogen) atoms. The molecule has 1 aromatic carbocycles. The van der Waals surface area contributed by atoms with Gasteiger partial charge in [0.15, 0.2) is 5.16 Å². The van der Waals surface area contributed by atoms with Gasteiger partial charge in [0.2, 0.25) is 0 Å². The van der Waals surface area contributed by atoms with Gasteiger partial charge in [-0.15, -0.1) is 10.2 Å². The molecule has 1 atom stereocenters. The van der Waals surface area contributed by atoms with Crippen LogP contribution < -0.4 is 0 Å². The Morgan fingerprint density at radius 3 is 2.74 bits per heavy atom. The van der Waals surface area contributed by atoms with E-state index in [-0.39, 0.29) is 12.1 Å². The summed E-state index contributed by atoms with van der Waals surface area (Å²) in [6.07, 6.45) is 4.49. The number of aromatic nitrogens is 3. The molecule has 2 aromatic rings. The van der Waals surface area contributed by atoms with Crippen LogP contribution in [-0.2, 0) is 29.1 Å².